The van der Waals surface area contributed by atoms with Crippen molar-refractivity contribution < 1.29 is 4.79 Å². The molecule has 5 nitrogen and oxygen atoms in total. The lowest BCUT2D eigenvalue weighted by Crippen LogP contribution is -2.17. The molecular formula is C23H26N4O. The first kappa shape index (κ1) is 19.5. The number of carbonyl (C=O) groups excluding carboxylic acids is 1. The first-order valence-electron chi connectivity index (χ1n) is 9.45. The van der Waals surface area contributed by atoms with Crippen LogP contribution in [0.4, 0.5) is 11.5 Å². The van der Waals surface area contributed by atoms with E-state index in [9.17, 15) is 4.79 Å². The van der Waals surface area contributed by atoms with E-state index < -0.39 is 0 Å². The Morgan fingerprint density at radius 3 is 2.29 bits per heavy atom. The van der Waals surface area contributed by atoms with Crippen LogP contribution in [0.15, 0.2) is 48.5 Å². The fraction of sp³-hybridized carbons (Fsp3) is 0.261. The number of aryl methyl sites for hydroxylation is 4. The molecule has 0 fully saturated rings. The summed E-state index contributed by atoms with van der Waals surface area (Å²) in [5.41, 5.74) is 5.70. The zero-order valence-corrected chi connectivity index (χ0v) is 16.8. The summed E-state index contributed by atoms with van der Waals surface area (Å²) in [7, 11) is 0. The molecule has 28 heavy (non-hydrogen) atoms. The number of anilines is 2. The van der Waals surface area contributed by atoms with Crippen molar-refractivity contribution in [2.75, 3.05) is 17.2 Å². The van der Waals surface area contributed by atoms with E-state index >= 15 is 0 Å². The minimum absolute atomic E-state index is 0.230. The maximum Gasteiger partial charge on any atom is 0.274 e. The number of amides is 1. The summed E-state index contributed by atoms with van der Waals surface area (Å²) in [6.45, 7) is 8.57. The standard InChI is InChI=1S/C23H26N4O/c1-15-12-16(2)22(17(3)13-15)27-23(28)20-14-21(26-18(4)25-20)24-11-10-19-8-6-5-7-9-19/h5-9,12-14H,10-11H2,1-4H3,(H,27,28)(H,24,25,26). The third kappa shape index (κ3) is 4.94. The highest BCUT2D eigenvalue weighted by molar-refractivity contribution is 6.04. The summed E-state index contributed by atoms with van der Waals surface area (Å²) < 4.78 is 0. The van der Waals surface area contributed by atoms with Gasteiger partial charge in [-0.1, -0.05) is 48.0 Å². The summed E-state index contributed by atoms with van der Waals surface area (Å²) in [5.74, 6) is 0.991. The molecule has 0 spiro atoms. The Kier molecular flexibility index (Phi) is 6.04. The van der Waals surface area contributed by atoms with Crippen LogP contribution in [-0.2, 0) is 6.42 Å². The van der Waals surface area contributed by atoms with Gasteiger partial charge in [0.15, 0.2) is 0 Å². The van der Waals surface area contributed by atoms with Gasteiger partial charge in [-0.05, 0) is 50.8 Å². The summed E-state index contributed by atoms with van der Waals surface area (Å²) in [5, 5.41) is 6.29. The third-order valence-electron chi connectivity index (χ3n) is 4.55. The average molecular weight is 374 g/mol. The predicted octanol–water partition coefficient (Wildman–Crippen LogP) is 4.62. The zero-order valence-electron chi connectivity index (χ0n) is 16.8. The highest BCUT2D eigenvalue weighted by atomic mass is 16.1. The number of aromatic nitrogens is 2. The molecule has 0 atom stereocenters. The molecule has 0 aliphatic heterocycles. The molecule has 0 saturated heterocycles. The summed E-state index contributed by atoms with van der Waals surface area (Å²) in [6, 6.07) is 16.1. The highest BCUT2D eigenvalue weighted by Gasteiger charge is 2.13. The smallest absolute Gasteiger partial charge is 0.274 e. The Morgan fingerprint density at radius 1 is 0.929 bits per heavy atom. The number of rotatable bonds is 6. The van der Waals surface area contributed by atoms with Crippen molar-refractivity contribution in [1.29, 1.82) is 0 Å². The van der Waals surface area contributed by atoms with Gasteiger partial charge in [0.05, 0.1) is 0 Å². The number of carbonyl (C=O) groups is 1. The maximum absolute atomic E-state index is 12.8. The van der Waals surface area contributed by atoms with Crippen LogP contribution >= 0.6 is 0 Å². The zero-order chi connectivity index (χ0) is 20.1. The van der Waals surface area contributed by atoms with Crippen LogP contribution in [0.2, 0.25) is 0 Å². The molecule has 1 amide bonds. The van der Waals surface area contributed by atoms with Crippen molar-refractivity contribution in [3.05, 3.63) is 82.3 Å². The van der Waals surface area contributed by atoms with E-state index in [1.807, 2.05) is 39.0 Å². The number of hydrogen-bond acceptors (Lipinski definition) is 4. The normalized spacial score (nSPS) is 10.6. The predicted molar refractivity (Wildman–Crippen MR) is 114 cm³/mol. The van der Waals surface area contributed by atoms with Crippen molar-refractivity contribution in [1.82, 2.24) is 9.97 Å². The number of hydrogen-bond donors (Lipinski definition) is 2. The molecule has 3 rings (SSSR count). The molecule has 1 heterocycles. The van der Waals surface area contributed by atoms with Gasteiger partial charge in [-0.3, -0.25) is 4.79 Å². The van der Waals surface area contributed by atoms with Gasteiger partial charge in [-0.25, -0.2) is 9.97 Å². The lowest BCUT2D eigenvalue weighted by atomic mass is 10.0. The fourth-order valence-electron chi connectivity index (χ4n) is 3.31. The van der Waals surface area contributed by atoms with E-state index in [1.165, 1.54) is 11.1 Å². The van der Waals surface area contributed by atoms with Gasteiger partial charge >= 0.3 is 0 Å². The minimum Gasteiger partial charge on any atom is -0.370 e. The van der Waals surface area contributed by atoms with E-state index in [-0.39, 0.29) is 5.91 Å². The van der Waals surface area contributed by atoms with Gasteiger partial charge in [0.1, 0.15) is 17.3 Å². The number of nitrogens with one attached hydrogen (secondary N) is 2. The maximum atomic E-state index is 12.8. The second kappa shape index (κ2) is 8.65. The van der Waals surface area contributed by atoms with E-state index in [1.54, 1.807) is 13.0 Å². The minimum atomic E-state index is -0.230. The van der Waals surface area contributed by atoms with E-state index in [0.717, 1.165) is 29.8 Å². The Labute approximate surface area is 166 Å². The first-order valence-corrected chi connectivity index (χ1v) is 9.45. The Balaban J connectivity index is 1.71. The lowest BCUT2D eigenvalue weighted by molar-refractivity contribution is 0.102. The molecular weight excluding hydrogens is 348 g/mol. The molecule has 5 heteroatoms. The van der Waals surface area contributed by atoms with E-state index in [4.69, 9.17) is 0 Å². The van der Waals surface area contributed by atoms with Crippen molar-refractivity contribution in [3.63, 3.8) is 0 Å². The van der Waals surface area contributed by atoms with Crippen molar-refractivity contribution in [3.8, 4) is 0 Å². The van der Waals surface area contributed by atoms with Gasteiger partial charge in [0.2, 0.25) is 0 Å². The van der Waals surface area contributed by atoms with E-state index in [2.05, 4.69) is 44.9 Å². The van der Waals surface area contributed by atoms with Crippen LogP contribution < -0.4 is 10.6 Å². The van der Waals surface area contributed by atoms with Gasteiger partial charge in [-0.2, -0.15) is 0 Å². The molecule has 0 unspecified atom stereocenters. The Morgan fingerprint density at radius 2 is 1.61 bits per heavy atom. The molecule has 0 aliphatic rings. The molecule has 2 aromatic carbocycles. The summed E-state index contributed by atoms with van der Waals surface area (Å²) in [4.78, 5) is 21.5. The Hall–Kier alpha value is -3.21. The van der Waals surface area contributed by atoms with Crippen LogP contribution in [0.25, 0.3) is 0 Å². The molecule has 3 aromatic rings. The topological polar surface area (TPSA) is 66.9 Å². The average Bonchev–Trinajstić information content (AvgIpc) is 2.65. The van der Waals surface area contributed by atoms with Crippen molar-refractivity contribution >= 4 is 17.4 Å². The van der Waals surface area contributed by atoms with Crippen LogP contribution in [-0.4, -0.2) is 22.4 Å². The van der Waals surface area contributed by atoms with Crippen molar-refractivity contribution in [2.24, 2.45) is 0 Å². The van der Waals surface area contributed by atoms with Gasteiger partial charge in [-0.15, -0.1) is 0 Å². The highest BCUT2D eigenvalue weighted by Crippen LogP contribution is 2.22. The first-order chi connectivity index (χ1) is 13.4. The van der Waals surface area contributed by atoms with Crippen LogP contribution in [0.1, 0.15) is 38.6 Å². The fourth-order valence-corrected chi connectivity index (χ4v) is 3.31. The molecule has 0 radical (unpaired) electrons. The molecule has 0 saturated carbocycles. The van der Waals surface area contributed by atoms with Gasteiger partial charge in [0.25, 0.3) is 5.91 Å². The monoisotopic (exact) mass is 374 g/mol. The molecule has 144 valence electrons. The van der Waals surface area contributed by atoms with Crippen LogP contribution in [0.5, 0.6) is 0 Å². The Bertz CT molecular complexity index is 960. The number of benzene rings is 2. The lowest BCUT2D eigenvalue weighted by Gasteiger charge is -2.13. The molecule has 0 bridgehead atoms. The van der Waals surface area contributed by atoms with Gasteiger partial charge in [0, 0.05) is 18.3 Å². The SMILES string of the molecule is Cc1cc(C)c(NC(=O)c2cc(NCCc3ccccc3)nc(C)n2)c(C)c1. The summed E-state index contributed by atoms with van der Waals surface area (Å²) in [6.07, 6.45) is 0.882. The van der Waals surface area contributed by atoms with E-state index in [0.29, 0.717) is 17.3 Å². The largest absolute Gasteiger partial charge is 0.370 e. The second-order valence-corrected chi connectivity index (χ2v) is 7.08. The molecule has 0 aliphatic carbocycles. The summed E-state index contributed by atoms with van der Waals surface area (Å²) >= 11 is 0. The second-order valence-electron chi connectivity index (χ2n) is 7.08. The van der Waals surface area contributed by atoms with Crippen LogP contribution in [0, 0.1) is 27.7 Å². The molecule has 1 aromatic heterocycles. The molecule has 2 N–H and O–H groups in total. The number of nitrogens with zero attached hydrogens (tertiary/aromatic N) is 2. The van der Waals surface area contributed by atoms with Crippen molar-refractivity contribution in [2.45, 2.75) is 34.1 Å². The quantitative estimate of drug-likeness (QED) is 0.661. The third-order valence-corrected chi connectivity index (χ3v) is 4.55. The van der Waals surface area contributed by atoms with Crippen LogP contribution in [0.3, 0.4) is 0 Å². The van der Waals surface area contributed by atoms with Gasteiger partial charge < -0.3 is 10.6 Å².